The Hall–Kier alpha value is -0.510. The predicted molar refractivity (Wildman–Crippen MR) is 90.2 cm³/mol. The molecule has 1 aliphatic heterocycles. The first-order valence-corrected chi connectivity index (χ1v) is 8.52. The summed E-state index contributed by atoms with van der Waals surface area (Å²) in [6.45, 7) is 2.09. The van der Waals surface area contributed by atoms with Crippen molar-refractivity contribution in [2.75, 3.05) is 0 Å². The van der Waals surface area contributed by atoms with Gasteiger partial charge in [-0.05, 0) is 47.9 Å². The van der Waals surface area contributed by atoms with E-state index in [0.717, 1.165) is 27.2 Å². The summed E-state index contributed by atoms with van der Waals surface area (Å²) in [5, 5.41) is 0.764. The summed E-state index contributed by atoms with van der Waals surface area (Å²) in [6.07, 6.45) is 1.23. The third kappa shape index (κ3) is 2.76. The van der Waals surface area contributed by atoms with Gasteiger partial charge >= 0.3 is 0 Å². The van der Waals surface area contributed by atoms with Crippen molar-refractivity contribution < 1.29 is 4.74 Å². The highest BCUT2D eigenvalue weighted by Crippen LogP contribution is 2.39. The molecule has 0 saturated carbocycles. The van der Waals surface area contributed by atoms with Crippen molar-refractivity contribution >= 4 is 43.5 Å². The third-order valence-electron chi connectivity index (χ3n) is 3.44. The topological polar surface area (TPSA) is 9.23 Å². The first-order chi connectivity index (χ1) is 9.54. The zero-order valence-corrected chi connectivity index (χ0v) is 14.8. The molecule has 0 fully saturated rings. The number of hydrogen-bond donors (Lipinski definition) is 0. The molecule has 1 aliphatic rings. The highest BCUT2D eigenvalue weighted by atomic mass is 79.9. The monoisotopic (exact) mass is 414 g/mol. The first-order valence-electron chi connectivity index (χ1n) is 6.43. The van der Waals surface area contributed by atoms with E-state index in [1.807, 2.05) is 24.3 Å². The molecule has 1 heterocycles. The Morgan fingerprint density at radius 2 is 2.05 bits per heavy atom. The van der Waals surface area contributed by atoms with E-state index >= 15 is 0 Å². The fourth-order valence-electron chi connectivity index (χ4n) is 2.49. The Morgan fingerprint density at radius 3 is 2.85 bits per heavy atom. The van der Waals surface area contributed by atoms with E-state index in [4.69, 9.17) is 16.3 Å². The summed E-state index contributed by atoms with van der Waals surface area (Å²) < 4.78 is 6.77. The van der Waals surface area contributed by atoms with Gasteiger partial charge in [0.05, 0.1) is 4.83 Å². The van der Waals surface area contributed by atoms with Gasteiger partial charge in [-0.25, -0.2) is 0 Å². The molecule has 0 saturated heterocycles. The van der Waals surface area contributed by atoms with Gasteiger partial charge in [-0.1, -0.05) is 55.6 Å². The van der Waals surface area contributed by atoms with Crippen LogP contribution in [0.25, 0.3) is 0 Å². The van der Waals surface area contributed by atoms with Gasteiger partial charge in [-0.3, -0.25) is 0 Å². The molecule has 104 valence electrons. The maximum Gasteiger partial charge on any atom is 0.123 e. The summed E-state index contributed by atoms with van der Waals surface area (Å²) in [7, 11) is 0. The molecule has 0 N–H and O–H groups in total. The Balaban J connectivity index is 1.97. The number of ether oxygens (including phenoxy) is 1. The van der Waals surface area contributed by atoms with E-state index in [0.29, 0.717) is 0 Å². The first kappa shape index (κ1) is 14.4. The zero-order chi connectivity index (χ0) is 14.3. The van der Waals surface area contributed by atoms with Crippen molar-refractivity contribution in [1.29, 1.82) is 0 Å². The number of rotatable bonds is 2. The quantitative estimate of drug-likeness (QED) is 0.553. The lowest BCUT2D eigenvalue weighted by Crippen LogP contribution is -2.05. The molecule has 0 radical (unpaired) electrons. The number of alkyl halides is 1. The van der Waals surface area contributed by atoms with Crippen LogP contribution in [0.4, 0.5) is 0 Å². The number of halogens is 3. The van der Waals surface area contributed by atoms with Crippen molar-refractivity contribution in [2.24, 2.45) is 0 Å². The maximum atomic E-state index is 6.31. The van der Waals surface area contributed by atoms with Crippen LogP contribution in [0.15, 0.2) is 40.9 Å². The molecule has 0 spiro atoms. The fraction of sp³-hybridized carbons (Fsp3) is 0.250. The Bertz CT molecular complexity index is 657. The molecular weight excluding hydrogens is 403 g/mol. The molecule has 1 nitrogen and oxygen atoms in total. The van der Waals surface area contributed by atoms with Crippen LogP contribution in [0.2, 0.25) is 5.02 Å². The Kier molecular flexibility index (Phi) is 4.11. The summed E-state index contributed by atoms with van der Waals surface area (Å²) >= 11 is 13.6. The summed E-state index contributed by atoms with van der Waals surface area (Å²) in [6, 6.07) is 12.3. The molecule has 3 rings (SSSR count). The van der Waals surface area contributed by atoms with Crippen molar-refractivity contribution in [1.82, 2.24) is 0 Å². The molecule has 2 aromatic rings. The average molecular weight is 417 g/mol. The van der Waals surface area contributed by atoms with Crippen LogP contribution in [0.5, 0.6) is 5.75 Å². The predicted octanol–water partition coefficient (Wildman–Crippen LogP) is 5.91. The lowest BCUT2D eigenvalue weighted by atomic mass is 10.0. The molecule has 0 amide bonds. The van der Waals surface area contributed by atoms with Crippen LogP contribution < -0.4 is 4.74 Å². The Morgan fingerprint density at radius 1 is 1.25 bits per heavy atom. The van der Waals surface area contributed by atoms with Crippen LogP contribution >= 0.6 is 43.5 Å². The van der Waals surface area contributed by atoms with Crippen molar-refractivity contribution in [3.63, 3.8) is 0 Å². The van der Waals surface area contributed by atoms with Crippen molar-refractivity contribution in [3.05, 3.63) is 62.6 Å². The van der Waals surface area contributed by atoms with Gasteiger partial charge in [0.15, 0.2) is 0 Å². The van der Waals surface area contributed by atoms with Gasteiger partial charge < -0.3 is 4.74 Å². The summed E-state index contributed by atoms with van der Waals surface area (Å²) in [5.41, 5.74) is 3.53. The molecule has 2 atom stereocenters. The average Bonchev–Trinajstić information content (AvgIpc) is 2.79. The fourth-order valence-corrected chi connectivity index (χ4v) is 3.89. The molecule has 20 heavy (non-hydrogen) atoms. The molecule has 2 aromatic carbocycles. The molecule has 0 bridgehead atoms. The van der Waals surface area contributed by atoms with Crippen LogP contribution in [0.3, 0.4) is 0 Å². The SMILES string of the molecule is CC1Cc2cc(C(Br)c3cc(Br)ccc3Cl)ccc2O1. The molecule has 2 unspecified atom stereocenters. The van der Waals surface area contributed by atoms with Crippen molar-refractivity contribution in [3.8, 4) is 5.75 Å². The minimum absolute atomic E-state index is 0.0775. The van der Waals surface area contributed by atoms with Gasteiger partial charge in [0.1, 0.15) is 11.9 Å². The van der Waals surface area contributed by atoms with Crippen LogP contribution in [0.1, 0.15) is 28.4 Å². The zero-order valence-electron chi connectivity index (χ0n) is 10.9. The minimum atomic E-state index is 0.0775. The minimum Gasteiger partial charge on any atom is -0.490 e. The molecule has 0 aromatic heterocycles. The molecule has 4 heteroatoms. The number of benzene rings is 2. The molecule has 0 aliphatic carbocycles. The smallest absolute Gasteiger partial charge is 0.123 e. The van der Waals surface area contributed by atoms with E-state index in [1.165, 1.54) is 11.1 Å². The van der Waals surface area contributed by atoms with E-state index in [2.05, 4.69) is 50.9 Å². The Labute approximate surface area is 140 Å². The van der Waals surface area contributed by atoms with E-state index in [1.54, 1.807) is 0 Å². The van der Waals surface area contributed by atoms with E-state index in [-0.39, 0.29) is 10.9 Å². The van der Waals surface area contributed by atoms with Gasteiger partial charge in [-0.2, -0.15) is 0 Å². The summed E-state index contributed by atoms with van der Waals surface area (Å²) in [5.74, 6) is 1.00. The third-order valence-corrected chi connectivity index (χ3v) is 5.30. The lowest BCUT2D eigenvalue weighted by molar-refractivity contribution is 0.254. The van der Waals surface area contributed by atoms with Crippen LogP contribution in [-0.2, 0) is 6.42 Å². The molecular formula is C16H13Br2ClO. The van der Waals surface area contributed by atoms with Crippen LogP contribution in [0, 0.1) is 0 Å². The number of hydrogen-bond acceptors (Lipinski definition) is 1. The summed E-state index contributed by atoms with van der Waals surface area (Å²) in [4.78, 5) is 0.0775. The lowest BCUT2D eigenvalue weighted by Gasteiger charge is -2.14. The van der Waals surface area contributed by atoms with Crippen LogP contribution in [-0.4, -0.2) is 6.10 Å². The highest BCUT2D eigenvalue weighted by Gasteiger charge is 2.21. The van der Waals surface area contributed by atoms with Gasteiger partial charge in [0, 0.05) is 15.9 Å². The largest absolute Gasteiger partial charge is 0.490 e. The standard InChI is InChI=1S/C16H13Br2ClO/c1-9-6-11-7-10(2-5-15(11)20-9)16(18)13-8-12(17)3-4-14(13)19/h2-5,7-9,16H,6H2,1H3. The van der Waals surface area contributed by atoms with Gasteiger partial charge in [0.2, 0.25) is 0 Å². The van der Waals surface area contributed by atoms with E-state index in [9.17, 15) is 0 Å². The second kappa shape index (κ2) is 5.70. The maximum absolute atomic E-state index is 6.31. The number of fused-ring (bicyclic) bond motifs is 1. The normalized spacial score (nSPS) is 18.5. The second-order valence-corrected chi connectivity index (χ2v) is 7.27. The highest BCUT2D eigenvalue weighted by molar-refractivity contribution is 9.10. The van der Waals surface area contributed by atoms with Crippen molar-refractivity contribution in [2.45, 2.75) is 24.3 Å². The van der Waals surface area contributed by atoms with E-state index < -0.39 is 0 Å². The van der Waals surface area contributed by atoms with Gasteiger partial charge in [-0.15, -0.1) is 0 Å². The second-order valence-electron chi connectivity index (χ2n) is 5.03. The van der Waals surface area contributed by atoms with Gasteiger partial charge in [0.25, 0.3) is 0 Å².